The molecule has 0 fully saturated rings. The molecule has 5 nitrogen and oxygen atoms in total. The van der Waals surface area contributed by atoms with Crippen LogP contribution in [0.15, 0.2) is 35.2 Å². The predicted molar refractivity (Wildman–Crippen MR) is 68.5 cm³/mol. The molecule has 2 aromatic rings. The van der Waals surface area contributed by atoms with E-state index < -0.39 is 11.7 Å². The maximum absolute atomic E-state index is 13.6. The Morgan fingerprint density at radius 1 is 1.39 bits per heavy atom. The zero-order valence-corrected chi connectivity index (χ0v) is 10.6. The lowest BCUT2D eigenvalue weighted by molar-refractivity contribution is 0.102. The molecule has 2 aromatic heterocycles. The number of nitrogens with zero attached hydrogens (tertiary/aromatic N) is 2. The summed E-state index contributed by atoms with van der Waals surface area (Å²) in [6, 6.07) is 2.85. The third-order valence-electron chi connectivity index (χ3n) is 2.18. The summed E-state index contributed by atoms with van der Waals surface area (Å²) in [5.74, 6) is -1.75. The lowest BCUT2D eigenvalue weighted by atomic mass is 10.2. The molecule has 7 heteroatoms. The standard InChI is InChI=1S/C11H8BrFN4O/c12-7-5-15-3-2-8(7)17-11(18)6-1-4-16-10(14)9(6)13/h1-5H,(H2,14,16)(H,15,17,18). The Hall–Kier alpha value is -2.02. The second-order valence-corrected chi connectivity index (χ2v) is 4.22. The van der Waals surface area contributed by atoms with Crippen molar-refractivity contribution in [2.75, 3.05) is 11.1 Å². The maximum Gasteiger partial charge on any atom is 0.258 e. The van der Waals surface area contributed by atoms with E-state index in [-0.39, 0.29) is 11.4 Å². The van der Waals surface area contributed by atoms with Gasteiger partial charge < -0.3 is 11.1 Å². The third kappa shape index (κ3) is 2.45. The highest BCUT2D eigenvalue weighted by molar-refractivity contribution is 9.10. The second kappa shape index (κ2) is 5.09. The van der Waals surface area contributed by atoms with Gasteiger partial charge in [0.2, 0.25) is 0 Å². The van der Waals surface area contributed by atoms with Crippen molar-refractivity contribution >= 4 is 33.3 Å². The van der Waals surface area contributed by atoms with Crippen molar-refractivity contribution in [1.82, 2.24) is 9.97 Å². The third-order valence-corrected chi connectivity index (χ3v) is 2.81. The van der Waals surface area contributed by atoms with Gasteiger partial charge in [-0.15, -0.1) is 0 Å². The number of nitrogen functional groups attached to an aromatic ring is 1. The molecule has 2 rings (SSSR count). The van der Waals surface area contributed by atoms with Gasteiger partial charge in [0.15, 0.2) is 11.6 Å². The molecule has 18 heavy (non-hydrogen) atoms. The molecule has 0 aliphatic heterocycles. The van der Waals surface area contributed by atoms with E-state index in [1.165, 1.54) is 24.7 Å². The topological polar surface area (TPSA) is 80.9 Å². The number of nitrogens with two attached hydrogens (primary N) is 1. The van der Waals surface area contributed by atoms with Gasteiger partial charge in [0.25, 0.3) is 5.91 Å². The van der Waals surface area contributed by atoms with Gasteiger partial charge >= 0.3 is 0 Å². The molecule has 0 unspecified atom stereocenters. The van der Waals surface area contributed by atoms with Gasteiger partial charge in [-0.1, -0.05) is 0 Å². The fourth-order valence-corrected chi connectivity index (χ4v) is 1.65. The van der Waals surface area contributed by atoms with Gasteiger partial charge in [0, 0.05) is 18.6 Å². The van der Waals surface area contributed by atoms with E-state index in [4.69, 9.17) is 5.73 Å². The molecule has 2 heterocycles. The van der Waals surface area contributed by atoms with E-state index in [1.54, 1.807) is 6.07 Å². The summed E-state index contributed by atoms with van der Waals surface area (Å²) in [6.45, 7) is 0. The fourth-order valence-electron chi connectivity index (χ4n) is 1.30. The molecule has 0 radical (unpaired) electrons. The number of aromatic nitrogens is 2. The van der Waals surface area contributed by atoms with Gasteiger partial charge in [-0.25, -0.2) is 9.37 Å². The van der Waals surface area contributed by atoms with E-state index >= 15 is 0 Å². The van der Waals surface area contributed by atoms with Gasteiger partial charge in [0.1, 0.15) is 0 Å². The van der Waals surface area contributed by atoms with Crippen molar-refractivity contribution in [3.8, 4) is 0 Å². The molecule has 0 saturated carbocycles. The number of carbonyl (C=O) groups excluding carboxylic acids is 1. The number of pyridine rings is 2. The molecule has 0 aliphatic carbocycles. The summed E-state index contributed by atoms with van der Waals surface area (Å²) in [6.07, 6.45) is 4.31. The van der Waals surface area contributed by atoms with Crippen LogP contribution in [0.2, 0.25) is 0 Å². The van der Waals surface area contributed by atoms with Crippen LogP contribution in [0.3, 0.4) is 0 Å². The van der Waals surface area contributed by atoms with Crippen LogP contribution in [0, 0.1) is 5.82 Å². The number of carbonyl (C=O) groups is 1. The van der Waals surface area contributed by atoms with Crippen LogP contribution in [0.5, 0.6) is 0 Å². The minimum atomic E-state index is -0.833. The zero-order valence-electron chi connectivity index (χ0n) is 9.02. The molecule has 0 aromatic carbocycles. The second-order valence-electron chi connectivity index (χ2n) is 3.37. The summed E-state index contributed by atoms with van der Waals surface area (Å²) < 4.78 is 14.2. The minimum Gasteiger partial charge on any atom is -0.381 e. The Bertz CT molecular complexity index is 605. The SMILES string of the molecule is Nc1nccc(C(=O)Nc2ccncc2Br)c1F. The Kier molecular flexibility index (Phi) is 3.52. The van der Waals surface area contributed by atoms with Gasteiger partial charge in [-0.05, 0) is 28.1 Å². The highest BCUT2D eigenvalue weighted by Crippen LogP contribution is 2.21. The molecule has 0 aliphatic rings. The predicted octanol–water partition coefficient (Wildman–Crippen LogP) is 2.21. The number of anilines is 2. The largest absolute Gasteiger partial charge is 0.381 e. The van der Waals surface area contributed by atoms with Crippen LogP contribution in [0.25, 0.3) is 0 Å². The molecule has 3 N–H and O–H groups in total. The normalized spacial score (nSPS) is 10.1. The van der Waals surface area contributed by atoms with Crippen LogP contribution in [0.1, 0.15) is 10.4 Å². The average Bonchev–Trinajstić information content (AvgIpc) is 2.35. The Morgan fingerprint density at radius 3 is 2.89 bits per heavy atom. The Balaban J connectivity index is 2.28. The van der Waals surface area contributed by atoms with Crippen molar-refractivity contribution in [3.63, 3.8) is 0 Å². The van der Waals surface area contributed by atoms with Crippen LogP contribution >= 0.6 is 15.9 Å². The smallest absolute Gasteiger partial charge is 0.258 e. The van der Waals surface area contributed by atoms with Crippen molar-refractivity contribution < 1.29 is 9.18 Å². The van der Waals surface area contributed by atoms with Gasteiger partial charge in [-0.2, -0.15) is 0 Å². The fraction of sp³-hybridized carbons (Fsp3) is 0. The zero-order chi connectivity index (χ0) is 13.1. The summed E-state index contributed by atoms with van der Waals surface area (Å²) in [5, 5.41) is 2.55. The van der Waals surface area contributed by atoms with Crippen molar-refractivity contribution in [1.29, 1.82) is 0 Å². The summed E-state index contributed by atoms with van der Waals surface area (Å²) >= 11 is 3.22. The highest BCUT2D eigenvalue weighted by Gasteiger charge is 2.15. The molecule has 0 saturated heterocycles. The lowest BCUT2D eigenvalue weighted by Crippen LogP contribution is -2.15. The number of hydrogen-bond acceptors (Lipinski definition) is 4. The lowest BCUT2D eigenvalue weighted by Gasteiger charge is -2.07. The Labute approximate surface area is 110 Å². The van der Waals surface area contributed by atoms with E-state index in [0.29, 0.717) is 10.2 Å². The number of amides is 1. The van der Waals surface area contributed by atoms with E-state index in [1.807, 2.05) is 0 Å². The quantitative estimate of drug-likeness (QED) is 0.891. The first-order chi connectivity index (χ1) is 8.59. The van der Waals surface area contributed by atoms with E-state index in [0.717, 1.165) is 0 Å². The molecule has 1 amide bonds. The number of rotatable bonds is 2. The van der Waals surface area contributed by atoms with Gasteiger partial charge in [0.05, 0.1) is 15.7 Å². The summed E-state index contributed by atoms with van der Waals surface area (Å²) in [5.41, 5.74) is 5.63. The number of halogens is 2. The van der Waals surface area contributed by atoms with Crippen LogP contribution < -0.4 is 11.1 Å². The van der Waals surface area contributed by atoms with Crippen LogP contribution in [-0.4, -0.2) is 15.9 Å². The Morgan fingerprint density at radius 2 is 2.17 bits per heavy atom. The first-order valence-corrected chi connectivity index (χ1v) is 5.69. The minimum absolute atomic E-state index is 0.161. The van der Waals surface area contributed by atoms with Crippen LogP contribution in [0.4, 0.5) is 15.9 Å². The average molecular weight is 311 g/mol. The molecular formula is C11H8BrFN4O. The van der Waals surface area contributed by atoms with Crippen molar-refractivity contribution in [2.24, 2.45) is 0 Å². The maximum atomic E-state index is 13.6. The number of nitrogens with one attached hydrogen (secondary N) is 1. The highest BCUT2D eigenvalue weighted by atomic mass is 79.9. The molecule has 0 atom stereocenters. The van der Waals surface area contributed by atoms with Crippen molar-refractivity contribution in [3.05, 3.63) is 46.6 Å². The van der Waals surface area contributed by atoms with E-state index in [2.05, 4.69) is 31.2 Å². The first-order valence-electron chi connectivity index (χ1n) is 4.90. The summed E-state index contributed by atoms with van der Waals surface area (Å²) in [7, 11) is 0. The van der Waals surface area contributed by atoms with E-state index in [9.17, 15) is 9.18 Å². The number of hydrogen-bond donors (Lipinski definition) is 2. The molecule has 0 bridgehead atoms. The molecule has 92 valence electrons. The monoisotopic (exact) mass is 310 g/mol. The van der Waals surface area contributed by atoms with Crippen LogP contribution in [-0.2, 0) is 0 Å². The van der Waals surface area contributed by atoms with Gasteiger partial charge in [-0.3, -0.25) is 9.78 Å². The van der Waals surface area contributed by atoms with Crippen molar-refractivity contribution in [2.45, 2.75) is 0 Å². The molecular weight excluding hydrogens is 303 g/mol. The summed E-state index contributed by atoms with van der Waals surface area (Å²) in [4.78, 5) is 19.3. The first kappa shape index (κ1) is 12.4. The molecule has 0 spiro atoms.